The van der Waals surface area contributed by atoms with Crippen LogP contribution < -0.4 is 10.5 Å². The molecule has 0 aliphatic rings. The zero-order chi connectivity index (χ0) is 10.7. The van der Waals surface area contributed by atoms with E-state index in [1.165, 1.54) is 0 Å². The van der Waals surface area contributed by atoms with Crippen LogP contribution in [-0.4, -0.2) is 11.9 Å². The molecule has 76 valence electrons. The van der Waals surface area contributed by atoms with Gasteiger partial charge in [-0.15, -0.1) is 0 Å². The Balaban J connectivity index is 2.87. The topological polar surface area (TPSA) is 59.1 Å². The second-order valence-corrected chi connectivity index (χ2v) is 3.55. The second kappa shape index (κ2) is 4.53. The molecule has 0 amide bonds. The van der Waals surface area contributed by atoms with E-state index in [2.05, 4.69) is 0 Å². The summed E-state index contributed by atoms with van der Waals surface area (Å²) in [5.41, 5.74) is 5.25. The highest BCUT2D eigenvalue weighted by atomic mass is 35.5. The highest BCUT2D eigenvalue weighted by Crippen LogP contribution is 2.31. The summed E-state index contributed by atoms with van der Waals surface area (Å²) in [7, 11) is 0. The molecule has 1 rings (SSSR count). The molecule has 0 saturated heterocycles. The number of amidine groups is 1. The van der Waals surface area contributed by atoms with E-state index in [0.29, 0.717) is 15.8 Å². The van der Waals surface area contributed by atoms with Crippen LogP contribution in [0.25, 0.3) is 0 Å². The highest BCUT2D eigenvalue weighted by Gasteiger charge is 2.11. The molecule has 0 bridgehead atoms. The summed E-state index contributed by atoms with van der Waals surface area (Å²) in [6, 6.07) is 5.05. The van der Waals surface area contributed by atoms with E-state index in [0.717, 1.165) is 0 Å². The first kappa shape index (κ1) is 11.1. The summed E-state index contributed by atoms with van der Waals surface area (Å²) in [6.07, 6.45) is -0.508. The summed E-state index contributed by atoms with van der Waals surface area (Å²) in [6.45, 7) is 1.67. The summed E-state index contributed by atoms with van der Waals surface area (Å²) >= 11 is 11.7. The molecule has 0 aromatic heterocycles. The molecule has 1 aromatic carbocycles. The molecule has 1 unspecified atom stereocenters. The van der Waals surface area contributed by atoms with Gasteiger partial charge in [-0.2, -0.15) is 0 Å². The number of hydrogen-bond acceptors (Lipinski definition) is 2. The highest BCUT2D eigenvalue weighted by molar-refractivity contribution is 6.42. The Kier molecular flexibility index (Phi) is 3.61. The van der Waals surface area contributed by atoms with Crippen molar-refractivity contribution in [1.29, 1.82) is 5.41 Å². The fraction of sp³-hybridized carbons (Fsp3) is 0.222. The lowest BCUT2D eigenvalue weighted by atomic mass is 10.3. The van der Waals surface area contributed by atoms with Crippen LogP contribution in [0.5, 0.6) is 5.75 Å². The zero-order valence-corrected chi connectivity index (χ0v) is 9.06. The predicted molar refractivity (Wildman–Crippen MR) is 58.5 cm³/mol. The molecule has 14 heavy (non-hydrogen) atoms. The van der Waals surface area contributed by atoms with Crippen molar-refractivity contribution in [2.75, 3.05) is 0 Å². The minimum absolute atomic E-state index is 0.0546. The van der Waals surface area contributed by atoms with Gasteiger partial charge in [-0.05, 0) is 19.1 Å². The molecule has 0 aliphatic carbocycles. The van der Waals surface area contributed by atoms with Crippen LogP contribution in [0.3, 0.4) is 0 Å². The van der Waals surface area contributed by atoms with Crippen LogP contribution >= 0.6 is 23.2 Å². The van der Waals surface area contributed by atoms with Gasteiger partial charge in [-0.25, -0.2) is 0 Å². The average Bonchev–Trinajstić information content (AvgIpc) is 2.12. The Morgan fingerprint density at radius 1 is 1.50 bits per heavy atom. The first-order valence-electron chi connectivity index (χ1n) is 3.97. The molecule has 0 aliphatic heterocycles. The number of nitrogens with one attached hydrogen (secondary N) is 1. The van der Waals surface area contributed by atoms with Crippen molar-refractivity contribution < 1.29 is 4.74 Å². The molecule has 1 aromatic rings. The minimum atomic E-state index is -0.508. The summed E-state index contributed by atoms with van der Waals surface area (Å²) in [5, 5.41) is 7.90. The fourth-order valence-electron chi connectivity index (χ4n) is 0.829. The molecule has 3 N–H and O–H groups in total. The fourth-order valence-corrected chi connectivity index (χ4v) is 1.17. The lowest BCUT2D eigenvalue weighted by Gasteiger charge is -2.14. The van der Waals surface area contributed by atoms with Crippen LogP contribution in [0.4, 0.5) is 0 Å². The maximum absolute atomic E-state index is 7.15. The molecule has 5 heteroatoms. The molecule has 0 fully saturated rings. The third-order valence-corrected chi connectivity index (χ3v) is 2.46. The number of hydrogen-bond donors (Lipinski definition) is 2. The first-order valence-corrected chi connectivity index (χ1v) is 4.72. The minimum Gasteiger partial charge on any atom is -0.481 e. The van der Waals surface area contributed by atoms with Crippen molar-refractivity contribution in [3.05, 3.63) is 28.2 Å². The molecular weight excluding hydrogens is 223 g/mol. The van der Waals surface area contributed by atoms with Gasteiger partial charge in [0.25, 0.3) is 0 Å². The Hall–Kier alpha value is -0.930. The quantitative estimate of drug-likeness (QED) is 0.622. The monoisotopic (exact) mass is 232 g/mol. The number of nitrogens with two attached hydrogens (primary N) is 1. The van der Waals surface area contributed by atoms with Crippen LogP contribution in [0.2, 0.25) is 10.0 Å². The normalized spacial score (nSPS) is 12.2. The van der Waals surface area contributed by atoms with Crippen molar-refractivity contribution in [1.82, 2.24) is 0 Å². The van der Waals surface area contributed by atoms with Crippen LogP contribution in [0.1, 0.15) is 6.92 Å². The Morgan fingerprint density at radius 2 is 2.14 bits per heavy atom. The van der Waals surface area contributed by atoms with Gasteiger partial charge in [0.05, 0.1) is 5.02 Å². The molecular formula is C9H10Cl2N2O. The van der Waals surface area contributed by atoms with Gasteiger partial charge < -0.3 is 10.5 Å². The first-order chi connectivity index (χ1) is 6.52. The Morgan fingerprint density at radius 3 is 2.71 bits per heavy atom. The lowest BCUT2D eigenvalue weighted by Crippen LogP contribution is -2.30. The van der Waals surface area contributed by atoms with E-state index in [-0.39, 0.29) is 5.84 Å². The van der Waals surface area contributed by atoms with E-state index in [9.17, 15) is 0 Å². The van der Waals surface area contributed by atoms with Crippen molar-refractivity contribution in [2.45, 2.75) is 13.0 Å². The molecule has 0 saturated carbocycles. The maximum atomic E-state index is 7.15. The van der Waals surface area contributed by atoms with Gasteiger partial charge in [0, 0.05) is 0 Å². The van der Waals surface area contributed by atoms with Crippen molar-refractivity contribution in [3.8, 4) is 5.75 Å². The summed E-state index contributed by atoms with van der Waals surface area (Å²) < 4.78 is 5.32. The Labute approximate surface area is 92.3 Å². The summed E-state index contributed by atoms with van der Waals surface area (Å²) in [5.74, 6) is 0.378. The van der Waals surface area contributed by atoms with Gasteiger partial charge in [0.15, 0.2) is 6.10 Å². The predicted octanol–water partition coefficient (Wildman–Crippen LogP) is 2.70. The second-order valence-electron chi connectivity index (χ2n) is 2.77. The van der Waals surface area contributed by atoms with Crippen molar-refractivity contribution in [3.63, 3.8) is 0 Å². The number of benzene rings is 1. The summed E-state index contributed by atoms with van der Waals surface area (Å²) in [4.78, 5) is 0. The van der Waals surface area contributed by atoms with Gasteiger partial charge in [-0.1, -0.05) is 29.3 Å². The number of halogens is 2. The standard InChI is InChI=1S/C9H10Cl2N2O/c1-5(9(12)13)14-7-4-2-3-6(10)8(7)11/h2-5H,1H3,(H3,12,13). The molecule has 0 heterocycles. The third-order valence-electron chi connectivity index (χ3n) is 1.66. The van der Waals surface area contributed by atoms with Crippen molar-refractivity contribution >= 4 is 29.0 Å². The van der Waals surface area contributed by atoms with Crippen LogP contribution in [0, 0.1) is 5.41 Å². The largest absolute Gasteiger partial charge is 0.481 e. The van der Waals surface area contributed by atoms with E-state index < -0.39 is 6.10 Å². The van der Waals surface area contributed by atoms with E-state index in [1.54, 1.807) is 25.1 Å². The molecule has 0 spiro atoms. The average molecular weight is 233 g/mol. The van der Waals surface area contributed by atoms with Crippen LogP contribution in [0.15, 0.2) is 18.2 Å². The van der Waals surface area contributed by atoms with Gasteiger partial charge in [-0.3, -0.25) is 5.41 Å². The SMILES string of the molecule is CC(Oc1cccc(Cl)c1Cl)C(=N)N. The van der Waals surface area contributed by atoms with Gasteiger partial charge in [0.1, 0.15) is 16.6 Å². The Bertz CT molecular complexity index is 355. The van der Waals surface area contributed by atoms with Crippen LogP contribution in [-0.2, 0) is 0 Å². The van der Waals surface area contributed by atoms with E-state index in [4.69, 9.17) is 39.1 Å². The molecule has 1 atom stereocenters. The number of ether oxygens (including phenoxy) is 1. The van der Waals surface area contributed by atoms with Gasteiger partial charge >= 0.3 is 0 Å². The third kappa shape index (κ3) is 2.53. The van der Waals surface area contributed by atoms with E-state index >= 15 is 0 Å². The van der Waals surface area contributed by atoms with Gasteiger partial charge in [0.2, 0.25) is 0 Å². The smallest absolute Gasteiger partial charge is 0.152 e. The maximum Gasteiger partial charge on any atom is 0.152 e. The molecule has 0 radical (unpaired) electrons. The van der Waals surface area contributed by atoms with Crippen molar-refractivity contribution in [2.24, 2.45) is 5.73 Å². The zero-order valence-electron chi connectivity index (χ0n) is 7.55. The number of rotatable bonds is 3. The molecule has 3 nitrogen and oxygen atoms in total. The van der Waals surface area contributed by atoms with E-state index in [1.807, 2.05) is 0 Å². The lowest BCUT2D eigenvalue weighted by molar-refractivity contribution is 0.285.